The van der Waals surface area contributed by atoms with Gasteiger partial charge in [0.2, 0.25) is 11.8 Å². The number of methoxy groups -OCH3 is 1. The first-order chi connectivity index (χ1) is 14.7. The Morgan fingerprint density at radius 1 is 1.23 bits per heavy atom. The summed E-state index contributed by atoms with van der Waals surface area (Å²) < 4.78 is 5.15. The van der Waals surface area contributed by atoms with E-state index in [0.29, 0.717) is 18.0 Å². The number of nitrogens with one attached hydrogen (secondary N) is 1. The van der Waals surface area contributed by atoms with Crippen molar-refractivity contribution < 1.29 is 9.53 Å². The Hall–Kier alpha value is -2.70. The second-order valence-corrected chi connectivity index (χ2v) is 8.72. The van der Waals surface area contributed by atoms with Gasteiger partial charge in [0.05, 0.1) is 31.6 Å². The Morgan fingerprint density at radius 2 is 2.03 bits per heavy atom. The van der Waals surface area contributed by atoms with Crippen LogP contribution in [0.5, 0.6) is 5.88 Å². The average molecular weight is 427 g/mol. The van der Waals surface area contributed by atoms with Gasteiger partial charge in [0, 0.05) is 31.1 Å². The molecule has 0 saturated carbocycles. The number of hydrogen-bond donors (Lipinski definition) is 1. The number of hydrogen-bond acceptors (Lipinski definition) is 8. The number of amides is 1. The summed E-state index contributed by atoms with van der Waals surface area (Å²) in [6, 6.07) is 2.33. The average Bonchev–Trinajstić information content (AvgIpc) is 2.93. The molecule has 0 atom stereocenters. The van der Waals surface area contributed by atoms with Gasteiger partial charge >= 0.3 is 0 Å². The van der Waals surface area contributed by atoms with Crippen molar-refractivity contribution in [3.63, 3.8) is 0 Å². The van der Waals surface area contributed by atoms with Crippen molar-refractivity contribution in [3.8, 4) is 11.9 Å². The summed E-state index contributed by atoms with van der Waals surface area (Å²) >= 11 is 1.58. The van der Waals surface area contributed by atoms with Crippen LogP contribution >= 0.6 is 11.3 Å². The van der Waals surface area contributed by atoms with Crippen molar-refractivity contribution in [2.24, 2.45) is 0 Å². The van der Waals surface area contributed by atoms with E-state index in [0.717, 1.165) is 68.2 Å². The standard InChI is InChI=1S/C21H26N6O2S/c1-29-20-13-23-12-18(24-20)27-9-7-26(8-10-27)14-19(28)25-21-16(11-22)15-5-3-2-4-6-17(15)30-21/h12-13H,2-10,14H2,1H3,(H,25,28). The molecule has 158 valence electrons. The number of rotatable bonds is 5. The fourth-order valence-corrected chi connectivity index (χ4v) is 5.30. The summed E-state index contributed by atoms with van der Waals surface area (Å²) in [5, 5.41) is 13.4. The van der Waals surface area contributed by atoms with Gasteiger partial charge in [-0.1, -0.05) is 6.42 Å². The molecule has 2 aromatic heterocycles. The van der Waals surface area contributed by atoms with E-state index < -0.39 is 0 Å². The number of carbonyl (C=O) groups is 1. The number of aromatic nitrogens is 2. The van der Waals surface area contributed by atoms with Gasteiger partial charge in [0.1, 0.15) is 11.1 Å². The summed E-state index contributed by atoms with van der Waals surface area (Å²) in [6.07, 6.45) is 8.76. The van der Waals surface area contributed by atoms with E-state index in [1.807, 2.05) is 0 Å². The summed E-state index contributed by atoms with van der Waals surface area (Å²) in [4.78, 5) is 26.8. The lowest BCUT2D eigenvalue weighted by atomic mass is 10.1. The molecule has 1 saturated heterocycles. The number of anilines is 2. The van der Waals surface area contributed by atoms with Gasteiger partial charge in [-0.05, 0) is 31.2 Å². The molecule has 3 heterocycles. The van der Waals surface area contributed by atoms with Gasteiger partial charge in [-0.3, -0.25) is 14.7 Å². The number of carbonyl (C=O) groups excluding carboxylic acids is 1. The van der Waals surface area contributed by atoms with Crippen LogP contribution in [0.25, 0.3) is 0 Å². The van der Waals surface area contributed by atoms with E-state index in [2.05, 4.69) is 31.2 Å². The minimum absolute atomic E-state index is 0.0578. The molecule has 0 spiro atoms. The molecule has 8 nitrogen and oxygen atoms in total. The van der Waals surface area contributed by atoms with Gasteiger partial charge in [-0.25, -0.2) is 0 Å². The molecule has 0 bridgehead atoms. The van der Waals surface area contributed by atoms with E-state index in [9.17, 15) is 10.1 Å². The fourth-order valence-electron chi connectivity index (χ4n) is 4.04. The maximum Gasteiger partial charge on any atom is 0.239 e. The molecule has 2 aliphatic rings. The predicted molar refractivity (Wildman–Crippen MR) is 116 cm³/mol. The van der Waals surface area contributed by atoms with Crippen LogP contribution in [0.3, 0.4) is 0 Å². The first kappa shape index (κ1) is 20.6. The fraction of sp³-hybridized carbons (Fsp3) is 0.524. The van der Waals surface area contributed by atoms with Crippen LogP contribution in [0.1, 0.15) is 35.3 Å². The van der Waals surface area contributed by atoms with Crippen molar-refractivity contribution in [1.29, 1.82) is 5.26 Å². The lowest BCUT2D eigenvalue weighted by Gasteiger charge is -2.34. The molecule has 1 N–H and O–H groups in total. The van der Waals surface area contributed by atoms with E-state index in [1.54, 1.807) is 30.8 Å². The Morgan fingerprint density at radius 3 is 2.80 bits per heavy atom. The van der Waals surface area contributed by atoms with E-state index in [4.69, 9.17) is 4.74 Å². The lowest BCUT2D eigenvalue weighted by Crippen LogP contribution is -2.49. The minimum Gasteiger partial charge on any atom is -0.480 e. The quantitative estimate of drug-likeness (QED) is 0.734. The van der Waals surface area contributed by atoms with Crippen LogP contribution in [0.4, 0.5) is 10.8 Å². The highest BCUT2D eigenvalue weighted by Crippen LogP contribution is 2.36. The van der Waals surface area contributed by atoms with Crippen LogP contribution in [0.15, 0.2) is 12.4 Å². The van der Waals surface area contributed by atoms with Gasteiger partial charge in [-0.15, -0.1) is 11.3 Å². The Labute approximate surface area is 180 Å². The molecule has 4 rings (SSSR count). The van der Waals surface area contributed by atoms with E-state index in [1.165, 1.54) is 11.3 Å². The molecule has 0 radical (unpaired) electrons. The van der Waals surface area contributed by atoms with Crippen LogP contribution in [-0.4, -0.2) is 60.6 Å². The molecule has 2 aromatic rings. The van der Waals surface area contributed by atoms with Crippen LogP contribution in [0, 0.1) is 11.3 Å². The predicted octanol–water partition coefficient (Wildman–Crippen LogP) is 2.45. The molecule has 1 aliphatic heterocycles. The van der Waals surface area contributed by atoms with Gasteiger partial charge < -0.3 is 15.0 Å². The Balaban J connectivity index is 1.33. The summed E-state index contributed by atoms with van der Waals surface area (Å²) in [5.74, 6) is 1.23. The topological polar surface area (TPSA) is 94.4 Å². The molecule has 0 aromatic carbocycles. The molecule has 1 aliphatic carbocycles. The molecule has 1 fully saturated rings. The second kappa shape index (κ2) is 9.41. The zero-order valence-corrected chi connectivity index (χ0v) is 18.0. The van der Waals surface area contributed by atoms with Crippen molar-refractivity contribution >= 4 is 28.1 Å². The highest BCUT2D eigenvalue weighted by atomic mass is 32.1. The van der Waals surface area contributed by atoms with Crippen LogP contribution in [0.2, 0.25) is 0 Å². The molecule has 0 unspecified atom stereocenters. The second-order valence-electron chi connectivity index (χ2n) is 7.61. The number of ether oxygens (including phenoxy) is 1. The van der Waals surface area contributed by atoms with E-state index >= 15 is 0 Å². The Kier molecular flexibility index (Phi) is 6.45. The highest BCUT2D eigenvalue weighted by Gasteiger charge is 2.23. The third-order valence-electron chi connectivity index (χ3n) is 5.66. The smallest absolute Gasteiger partial charge is 0.239 e. The molecule has 30 heavy (non-hydrogen) atoms. The molecular weight excluding hydrogens is 400 g/mol. The molecule has 1 amide bonds. The maximum absolute atomic E-state index is 12.7. The molecular formula is C21H26N6O2S. The molecule has 9 heteroatoms. The lowest BCUT2D eigenvalue weighted by molar-refractivity contribution is -0.117. The number of thiophene rings is 1. The third-order valence-corrected chi connectivity index (χ3v) is 6.87. The van der Waals surface area contributed by atoms with E-state index in [-0.39, 0.29) is 5.91 Å². The number of fused-ring (bicyclic) bond motifs is 1. The van der Waals surface area contributed by atoms with Gasteiger partial charge in [-0.2, -0.15) is 10.2 Å². The summed E-state index contributed by atoms with van der Waals surface area (Å²) in [7, 11) is 1.58. The zero-order chi connectivity index (χ0) is 20.9. The van der Waals surface area contributed by atoms with Crippen molar-refractivity contribution in [3.05, 3.63) is 28.4 Å². The van der Waals surface area contributed by atoms with Crippen molar-refractivity contribution in [1.82, 2.24) is 14.9 Å². The number of piperazine rings is 1. The number of aryl methyl sites for hydroxylation is 1. The SMILES string of the molecule is COc1cncc(N2CCN(CC(=O)Nc3sc4c(c3C#N)CCCCC4)CC2)n1. The van der Waals surface area contributed by atoms with Crippen LogP contribution in [-0.2, 0) is 17.6 Å². The maximum atomic E-state index is 12.7. The first-order valence-electron chi connectivity index (χ1n) is 10.4. The van der Waals surface area contributed by atoms with Crippen molar-refractivity contribution in [2.75, 3.05) is 50.1 Å². The normalized spacial score (nSPS) is 17.0. The minimum atomic E-state index is -0.0578. The third kappa shape index (κ3) is 4.55. The Bertz CT molecular complexity index is 945. The van der Waals surface area contributed by atoms with Gasteiger partial charge in [0.25, 0.3) is 0 Å². The number of nitrogens with zero attached hydrogens (tertiary/aromatic N) is 5. The van der Waals surface area contributed by atoms with Crippen molar-refractivity contribution in [2.45, 2.75) is 32.1 Å². The monoisotopic (exact) mass is 426 g/mol. The zero-order valence-electron chi connectivity index (χ0n) is 17.2. The first-order valence-corrected chi connectivity index (χ1v) is 11.2. The van der Waals surface area contributed by atoms with Crippen LogP contribution < -0.4 is 15.0 Å². The highest BCUT2D eigenvalue weighted by molar-refractivity contribution is 7.16. The largest absolute Gasteiger partial charge is 0.480 e. The number of nitriles is 1. The van der Waals surface area contributed by atoms with Gasteiger partial charge in [0.15, 0.2) is 5.82 Å². The summed E-state index contributed by atoms with van der Waals surface area (Å²) in [5.41, 5.74) is 1.83. The summed E-state index contributed by atoms with van der Waals surface area (Å²) in [6.45, 7) is 3.39.